The Kier molecular flexibility index (Phi) is 11.2. The van der Waals surface area contributed by atoms with Gasteiger partial charge >= 0.3 is 26.2 Å². The normalized spacial score (nSPS) is 15.7. The topological polar surface area (TPSA) is 0 Å². The van der Waals surface area contributed by atoms with E-state index in [4.69, 9.17) is 0 Å². The van der Waals surface area contributed by atoms with E-state index in [1.807, 2.05) is 11.8 Å². The van der Waals surface area contributed by atoms with Gasteiger partial charge in [0.2, 0.25) is 0 Å². The van der Waals surface area contributed by atoms with Crippen LogP contribution in [0.15, 0.2) is 83.3 Å². The molecular weight excluding hydrogens is 518 g/mol. The molecule has 1 unspecified atom stereocenters. The minimum Gasteiger partial charge on any atom is -1.00 e. The van der Waals surface area contributed by atoms with Crippen molar-refractivity contribution in [3.63, 3.8) is 0 Å². The van der Waals surface area contributed by atoms with E-state index in [9.17, 15) is 0 Å². The molecule has 0 spiro atoms. The molecule has 3 aromatic rings. The van der Waals surface area contributed by atoms with E-state index in [0.29, 0.717) is 11.2 Å². The second-order valence-electron chi connectivity index (χ2n) is 7.87. The van der Waals surface area contributed by atoms with Crippen LogP contribution in [0.3, 0.4) is 0 Å². The Bertz CT molecular complexity index is 1090. The average Bonchev–Trinajstić information content (AvgIpc) is 3.37. The third-order valence-electron chi connectivity index (χ3n) is 5.35. The first kappa shape index (κ1) is 28.1. The Morgan fingerprint density at radius 3 is 2.35 bits per heavy atom. The molecular formula is C27H26Cl2SZr. The summed E-state index contributed by atoms with van der Waals surface area (Å²) in [4.78, 5) is 0. The van der Waals surface area contributed by atoms with Crippen molar-refractivity contribution in [1.82, 2.24) is 0 Å². The van der Waals surface area contributed by atoms with Crippen LogP contribution in [0.1, 0.15) is 25.0 Å². The zero-order valence-electron chi connectivity index (χ0n) is 18.2. The molecule has 0 amide bonds. The molecule has 0 aromatic heterocycles. The number of hydrogen-bond acceptors (Lipinski definition) is 1. The SMILES string of the molecule is CC(C)C1=[C-]C2SC=CC2=C1.Cc1cc2c(-c3ccccc3)ccc(C)c2[cH-]1.[Cl-].[Cl-].[Zr+4]. The Morgan fingerprint density at radius 1 is 1.00 bits per heavy atom. The zero-order chi connectivity index (χ0) is 19.7. The fourth-order valence-corrected chi connectivity index (χ4v) is 4.67. The molecule has 4 heteroatoms. The van der Waals surface area contributed by atoms with Crippen molar-refractivity contribution >= 4 is 22.5 Å². The van der Waals surface area contributed by atoms with Crippen LogP contribution in [0.5, 0.6) is 0 Å². The molecule has 1 atom stereocenters. The summed E-state index contributed by atoms with van der Waals surface area (Å²) in [6.45, 7) is 8.77. The van der Waals surface area contributed by atoms with Crippen LogP contribution in [0.4, 0.5) is 0 Å². The van der Waals surface area contributed by atoms with Crippen LogP contribution in [0.2, 0.25) is 0 Å². The summed E-state index contributed by atoms with van der Waals surface area (Å²) in [5.41, 5.74) is 8.13. The molecule has 0 N–H and O–H groups in total. The number of thioether (sulfide) groups is 1. The summed E-state index contributed by atoms with van der Waals surface area (Å²) in [6.07, 6.45) is 7.94. The minimum atomic E-state index is 0. The first-order chi connectivity index (χ1) is 13.5. The second kappa shape index (κ2) is 12.4. The van der Waals surface area contributed by atoms with Gasteiger partial charge in [-0.05, 0) is 16.2 Å². The Balaban J connectivity index is 0.000000303. The largest absolute Gasteiger partial charge is 4.00 e. The Morgan fingerprint density at radius 2 is 1.71 bits per heavy atom. The van der Waals surface area contributed by atoms with E-state index in [2.05, 4.69) is 106 Å². The molecule has 0 fully saturated rings. The van der Waals surface area contributed by atoms with Gasteiger partial charge in [0.1, 0.15) is 0 Å². The summed E-state index contributed by atoms with van der Waals surface area (Å²) < 4.78 is 0. The third-order valence-corrected chi connectivity index (χ3v) is 6.31. The summed E-state index contributed by atoms with van der Waals surface area (Å²) >= 11 is 1.85. The number of hydrogen-bond donors (Lipinski definition) is 0. The maximum Gasteiger partial charge on any atom is 4.00 e. The van der Waals surface area contributed by atoms with Gasteiger partial charge in [-0.3, -0.25) is 6.08 Å². The molecule has 31 heavy (non-hydrogen) atoms. The number of fused-ring (bicyclic) bond motifs is 2. The van der Waals surface area contributed by atoms with Gasteiger partial charge in [0, 0.05) is 0 Å². The number of allylic oxidation sites excluding steroid dienone is 3. The third kappa shape index (κ3) is 6.32. The summed E-state index contributed by atoms with van der Waals surface area (Å²) in [5, 5.41) is 5.42. The van der Waals surface area contributed by atoms with Crippen molar-refractivity contribution < 1.29 is 51.0 Å². The van der Waals surface area contributed by atoms with Crippen LogP contribution >= 0.6 is 11.8 Å². The molecule has 158 valence electrons. The first-order valence-corrected chi connectivity index (χ1v) is 10.9. The van der Waals surface area contributed by atoms with Gasteiger partial charge in [-0.25, -0.2) is 11.6 Å². The molecule has 5 rings (SSSR count). The number of rotatable bonds is 2. The quantitative estimate of drug-likeness (QED) is 0.444. The maximum absolute atomic E-state index is 3.48. The van der Waals surface area contributed by atoms with E-state index >= 15 is 0 Å². The maximum atomic E-state index is 3.48. The Hall–Kier alpha value is -0.917. The fraction of sp³-hybridized carbons (Fsp3) is 0.222. The molecule has 1 aliphatic carbocycles. The van der Waals surface area contributed by atoms with Crippen LogP contribution in [0, 0.1) is 25.8 Å². The monoisotopic (exact) mass is 542 g/mol. The van der Waals surface area contributed by atoms with Crippen molar-refractivity contribution in [2.24, 2.45) is 5.92 Å². The first-order valence-electron chi connectivity index (χ1n) is 9.92. The van der Waals surface area contributed by atoms with Crippen molar-refractivity contribution in [3.8, 4) is 11.1 Å². The second-order valence-corrected chi connectivity index (χ2v) is 8.89. The van der Waals surface area contributed by atoms with Crippen molar-refractivity contribution in [3.05, 3.63) is 101 Å². The van der Waals surface area contributed by atoms with Gasteiger partial charge in [-0.15, -0.1) is 51.4 Å². The van der Waals surface area contributed by atoms with E-state index in [0.717, 1.165) is 0 Å². The Labute approximate surface area is 222 Å². The number of halogens is 2. The van der Waals surface area contributed by atoms with Gasteiger partial charge in [0.05, 0.1) is 0 Å². The van der Waals surface area contributed by atoms with Gasteiger partial charge in [0.25, 0.3) is 0 Å². The van der Waals surface area contributed by atoms with E-state index < -0.39 is 0 Å². The van der Waals surface area contributed by atoms with Crippen molar-refractivity contribution in [2.75, 3.05) is 0 Å². The molecule has 0 radical (unpaired) electrons. The van der Waals surface area contributed by atoms with E-state index in [1.54, 1.807) is 0 Å². The van der Waals surface area contributed by atoms with Gasteiger partial charge in [0.15, 0.2) is 0 Å². The van der Waals surface area contributed by atoms with Gasteiger partial charge in [-0.1, -0.05) is 81.7 Å². The van der Waals surface area contributed by atoms with Crippen LogP contribution in [-0.2, 0) is 26.2 Å². The van der Waals surface area contributed by atoms with E-state index in [-0.39, 0.29) is 51.0 Å². The molecule has 1 heterocycles. The van der Waals surface area contributed by atoms with E-state index in [1.165, 1.54) is 44.2 Å². The van der Waals surface area contributed by atoms with Crippen LogP contribution < -0.4 is 24.8 Å². The fourth-order valence-electron chi connectivity index (χ4n) is 3.77. The summed E-state index contributed by atoms with van der Waals surface area (Å²) in [5.74, 6) is 0.627. The standard InChI is InChI=1S/C17H15.C10H11S.2ClH.Zr/c1-12-10-16-13(2)8-9-15(17(16)11-12)14-6-4-3-5-7-14;1-7(2)9-5-8-3-4-11-10(8)6-9;;;/h3-11H,1-2H3;3-5,7,10H,1-2H3;2*1H;/q2*-1;;;+4/p-2. The molecule has 1 aliphatic heterocycles. The van der Waals surface area contributed by atoms with Crippen molar-refractivity contribution in [2.45, 2.75) is 32.9 Å². The molecule has 0 bridgehead atoms. The average molecular weight is 545 g/mol. The van der Waals surface area contributed by atoms with Gasteiger partial charge < -0.3 is 24.8 Å². The van der Waals surface area contributed by atoms with Gasteiger partial charge in [-0.2, -0.15) is 6.07 Å². The smallest absolute Gasteiger partial charge is 1.00 e. The number of aryl methyl sites for hydroxylation is 2. The predicted molar refractivity (Wildman–Crippen MR) is 125 cm³/mol. The van der Waals surface area contributed by atoms with Crippen molar-refractivity contribution in [1.29, 1.82) is 0 Å². The molecule has 2 aliphatic rings. The molecule has 0 nitrogen and oxygen atoms in total. The van der Waals surface area contributed by atoms with Crippen LogP contribution in [-0.4, -0.2) is 5.25 Å². The number of benzene rings is 2. The zero-order valence-corrected chi connectivity index (χ0v) is 23.0. The molecule has 0 saturated carbocycles. The molecule has 0 saturated heterocycles. The minimum absolute atomic E-state index is 0. The molecule has 3 aromatic carbocycles. The predicted octanol–water partition coefficient (Wildman–Crippen LogP) is 1.79. The summed E-state index contributed by atoms with van der Waals surface area (Å²) in [7, 11) is 0. The summed E-state index contributed by atoms with van der Waals surface area (Å²) in [6, 6.07) is 19.6. The van der Waals surface area contributed by atoms with Crippen LogP contribution in [0.25, 0.3) is 21.9 Å².